The highest BCUT2D eigenvalue weighted by molar-refractivity contribution is 5.86. The molecular formula is C27H34N2O6. The average molecular weight is 483 g/mol. The maximum Gasteiger partial charge on any atom is 0.407 e. The van der Waals surface area contributed by atoms with E-state index in [0.717, 1.165) is 22.3 Å². The minimum atomic E-state index is -1.20. The van der Waals surface area contributed by atoms with E-state index in [4.69, 9.17) is 9.47 Å². The molecule has 0 aliphatic heterocycles. The summed E-state index contributed by atoms with van der Waals surface area (Å²) in [7, 11) is 1.38. The second kappa shape index (κ2) is 11.4. The van der Waals surface area contributed by atoms with Crippen LogP contribution in [-0.2, 0) is 19.1 Å². The van der Waals surface area contributed by atoms with Gasteiger partial charge < -0.3 is 25.2 Å². The standard InChI is InChI=1S/C27H34N2O6/c1-15(2)23(25(30)29-24(26(31)32)17(4)34-5)16(3)28-27(33)35-14-22-20-12-8-6-10-18(20)19-11-7-9-13-21(19)22/h6-13,15-17,22-24H,14H2,1-5H3,(H,28,33)(H,29,30)(H,31,32)/t16?,17-,23?,24+/m1/s1. The minimum absolute atomic E-state index is 0.0699. The van der Waals surface area contributed by atoms with Crippen LogP contribution in [0, 0.1) is 11.8 Å². The van der Waals surface area contributed by atoms with Crippen molar-refractivity contribution in [1.82, 2.24) is 10.6 Å². The van der Waals surface area contributed by atoms with Crippen molar-refractivity contribution in [2.45, 2.75) is 51.8 Å². The van der Waals surface area contributed by atoms with Gasteiger partial charge in [-0.25, -0.2) is 9.59 Å². The zero-order valence-corrected chi connectivity index (χ0v) is 20.8. The Morgan fingerprint density at radius 3 is 1.94 bits per heavy atom. The fraction of sp³-hybridized carbons (Fsp3) is 0.444. The van der Waals surface area contributed by atoms with Gasteiger partial charge in [0.25, 0.3) is 0 Å². The van der Waals surface area contributed by atoms with Crippen LogP contribution in [0.3, 0.4) is 0 Å². The minimum Gasteiger partial charge on any atom is -0.480 e. The fourth-order valence-corrected chi connectivity index (χ4v) is 4.79. The summed E-state index contributed by atoms with van der Waals surface area (Å²) in [6.07, 6.45) is -1.34. The number of carboxylic acid groups (broad SMARTS) is 1. The second-order valence-electron chi connectivity index (χ2n) is 9.29. The maximum atomic E-state index is 13.0. The third-order valence-corrected chi connectivity index (χ3v) is 6.65. The third-order valence-electron chi connectivity index (χ3n) is 6.65. The highest BCUT2D eigenvalue weighted by Crippen LogP contribution is 2.44. The van der Waals surface area contributed by atoms with Gasteiger partial charge in [-0.2, -0.15) is 0 Å². The van der Waals surface area contributed by atoms with Crippen LogP contribution in [0.15, 0.2) is 48.5 Å². The molecule has 4 atom stereocenters. The molecule has 8 nitrogen and oxygen atoms in total. The number of rotatable bonds is 10. The van der Waals surface area contributed by atoms with E-state index in [0.29, 0.717) is 0 Å². The number of benzene rings is 2. The molecule has 0 radical (unpaired) electrons. The first-order chi connectivity index (χ1) is 16.6. The number of carbonyl (C=O) groups is 3. The van der Waals surface area contributed by atoms with Crippen molar-refractivity contribution in [3.63, 3.8) is 0 Å². The lowest BCUT2D eigenvalue weighted by Gasteiger charge is -2.29. The number of ether oxygens (including phenoxy) is 2. The van der Waals surface area contributed by atoms with Gasteiger partial charge in [0.1, 0.15) is 6.61 Å². The van der Waals surface area contributed by atoms with E-state index < -0.39 is 42.1 Å². The molecule has 0 aromatic heterocycles. The Morgan fingerprint density at radius 2 is 1.46 bits per heavy atom. The molecule has 2 unspecified atom stereocenters. The van der Waals surface area contributed by atoms with Crippen molar-refractivity contribution in [3.05, 3.63) is 59.7 Å². The number of alkyl carbamates (subject to hydrolysis) is 1. The summed E-state index contributed by atoms with van der Waals surface area (Å²) in [4.78, 5) is 37.2. The zero-order valence-electron chi connectivity index (χ0n) is 20.8. The predicted octanol–water partition coefficient (Wildman–Crippen LogP) is 3.79. The van der Waals surface area contributed by atoms with E-state index in [2.05, 4.69) is 22.8 Å². The van der Waals surface area contributed by atoms with Crippen molar-refractivity contribution in [3.8, 4) is 11.1 Å². The molecule has 2 amide bonds. The molecule has 35 heavy (non-hydrogen) atoms. The van der Waals surface area contributed by atoms with Crippen LogP contribution in [0.25, 0.3) is 11.1 Å². The van der Waals surface area contributed by atoms with Crippen LogP contribution >= 0.6 is 0 Å². The number of nitrogens with one attached hydrogen (secondary N) is 2. The van der Waals surface area contributed by atoms with Gasteiger partial charge in [0.15, 0.2) is 6.04 Å². The van der Waals surface area contributed by atoms with Crippen molar-refractivity contribution in [2.24, 2.45) is 11.8 Å². The van der Waals surface area contributed by atoms with Gasteiger partial charge in [0.2, 0.25) is 5.91 Å². The smallest absolute Gasteiger partial charge is 0.407 e. The van der Waals surface area contributed by atoms with E-state index >= 15 is 0 Å². The highest BCUT2D eigenvalue weighted by Gasteiger charge is 2.35. The molecular weight excluding hydrogens is 448 g/mol. The van der Waals surface area contributed by atoms with Crippen LogP contribution in [0.4, 0.5) is 4.79 Å². The van der Waals surface area contributed by atoms with Crippen molar-refractivity contribution in [2.75, 3.05) is 13.7 Å². The molecule has 188 valence electrons. The van der Waals surface area contributed by atoms with Crippen LogP contribution in [0.1, 0.15) is 44.7 Å². The van der Waals surface area contributed by atoms with Gasteiger partial charge in [0.05, 0.1) is 12.0 Å². The Hall–Kier alpha value is -3.39. The molecule has 3 rings (SSSR count). The van der Waals surface area contributed by atoms with Crippen LogP contribution in [0.5, 0.6) is 0 Å². The first-order valence-electron chi connectivity index (χ1n) is 11.8. The summed E-state index contributed by atoms with van der Waals surface area (Å²) in [6, 6.07) is 14.4. The van der Waals surface area contributed by atoms with Gasteiger partial charge in [-0.3, -0.25) is 4.79 Å². The van der Waals surface area contributed by atoms with Gasteiger partial charge in [-0.15, -0.1) is 0 Å². The molecule has 1 aliphatic carbocycles. The lowest BCUT2D eigenvalue weighted by molar-refractivity contribution is -0.146. The predicted molar refractivity (Wildman–Crippen MR) is 132 cm³/mol. The van der Waals surface area contributed by atoms with E-state index in [1.54, 1.807) is 13.8 Å². The third kappa shape index (κ3) is 5.82. The summed E-state index contributed by atoms with van der Waals surface area (Å²) >= 11 is 0. The van der Waals surface area contributed by atoms with Gasteiger partial charge in [-0.05, 0) is 42.0 Å². The number of aliphatic carboxylic acids is 1. The summed E-state index contributed by atoms with van der Waals surface area (Å²) in [5.41, 5.74) is 4.50. The number of carbonyl (C=O) groups excluding carboxylic acids is 2. The Balaban J connectivity index is 1.65. The number of hydrogen-bond acceptors (Lipinski definition) is 5. The topological polar surface area (TPSA) is 114 Å². The second-order valence-corrected chi connectivity index (χ2v) is 9.29. The molecule has 0 saturated carbocycles. The number of methoxy groups -OCH3 is 1. The molecule has 3 N–H and O–H groups in total. The van der Waals surface area contributed by atoms with E-state index in [-0.39, 0.29) is 18.4 Å². The fourth-order valence-electron chi connectivity index (χ4n) is 4.79. The van der Waals surface area contributed by atoms with E-state index in [1.165, 1.54) is 7.11 Å². The van der Waals surface area contributed by atoms with Crippen molar-refractivity contribution in [1.29, 1.82) is 0 Å². The summed E-state index contributed by atoms with van der Waals surface area (Å²) in [5, 5.41) is 14.8. The summed E-state index contributed by atoms with van der Waals surface area (Å²) in [6.45, 7) is 7.13. The van der Waals surface area contributed by atoms with Crippen LogP contribution in [-0.4, -0.2) is 55.0 Å². The summed E-state index contributed by atoms with van der Waals surface area (Å²) < 4.78 is 10.7. The molecule has 0 spiro atoms. The SMILES string of the molecule is CO[C@H](C)[C@H](NC(=O)C(C(C)C)C(C)NC(=O)OCC1c2ccccc2-c2ccccc21)C(=O)O. The van der Waals surface area contributed by atoms with Crippen LogP contribution in [0.2, 0.25) is 0 Å². The monoisotopic (exact) mass is 482 g/mol. The molecule has 0 fully saturated rings. The quantitative estimate of drug-likeness (QED) is 0.475. The molecule has 2 aromatic carbocycles. The van der Waals surface area contributed by atoms with Crippen LogP contribution < -0.4 is 10.6 Å². The van der Waals surface area contributed by atoms with Gasteiger partial charge in [0, 0.05) is 19.1 Å². The highest BCUT2D eigenvalue weighted by atomic mass is 16.5. The number of hydrogen-bond donors (Lipinski definition) is 3. The number of fused-ring (bicyclic) bond motifs is 3. The lowest BCUT2D eigenvalue weighted by Crippen LogP contribution is -2.54. The normalized spacial score (nSPS) is 15.9. The Morgan fingerprint density at radius 1 is 0.914 bits per heavy atom. The average Bonchev–Trinajstić information content (AvgIpc) is 3.14. The molecule has 0 saturated heterocycles. The van der Waals surface area contributed by atoms with Gasteiger partial charge >= 0.3 is 12.1 Å². The maximum absolute atomic E-state index is 13.0. The Labute approximate surface area is 206 Å². The van der Waals surface area contributed by atoms with Crippen molar-refractivity contribution >= 4 is 18.0 Å². The number of amides is 2. The molecule has 0 bridgehead atoms. The molecule has 1 aliphatic rings. The van der Waals surface area contributed by atoms with E-state index in [9.17, 15) is 19.5 Å². The molecule has 2 aromatic rings. The zero-order chi connectivity index (χ0) is 25.7. The Kier molecular flexibility index (Phi) is 8.51. The van der Waals surface area contributed by atoms with Crippen molar-refractivity contribution < 1.29 is 29.0 Å². The van der Waals surface area contributed by atoms with E-state index in [1.807, 2.05) is 50.2 Å². The molecule has 0 heterocycles. The lowest BCUT2D eigenvalue weighted by atomic mass is 9.88. The number of carboxylic acids is 1. The van der Waals surface area contributed by atoms with Gasteiger partial charge in [-0.1, -0.05) is 62.4 Å². The first-order valence-corrected chi connectivity index (χ1v) is 11.8. The largest absolute Gasteiger partial charge is 0.480 e. The first kappa shape index (κ1) is 26.2. The summed E-state index contributed by atoms with van der Waals surface area (Å²) in [5.74, 6) is -2.55. The Bertz CT molecular complexity index is 1020. The molecule has 8 heteroatoms.